The van der Waals surface area contributed by atoms with Gasteiger partial charge >= 0.3 is 0 Å². The molecule has 2 amide bonds. The van der Waals surface area contributed by atoms with Crippen LogP contribution in [0.25, 0.3) is 0 Å². The SMILES string of the molecule is O=C(Cc1csc(Cc2ccc(F)cc2)n1)NCCCNC(=O)c1cccs1. The number of hydrogen-bond acceptors (Lipinski definition) is 5. The quantitative estimate of drug-likeness (QED) is 0.524. The van der Waals surface area contributed by atoms with Crippen molar-refractivity contribution in [3.05, 3.63) is 74.1 Å². The number of benzene rings is 1. The van der Waals surface area contributed by atoms with Crippen molar-refractivity contribution >= 4 is 34.5 Å². The van der Waals surface area contributed by atoms with Crippen molar-refractivity contribution in [2.24, 2.45) is 0 Å². The van der Waals surface area contributed by atoms with E-state index < -0.39 is 0 Å². The maximum absolute atomic E-state index is 12.9. The zero-order chi connectivity index (χ0) is 19.8. The summed E-state index contributed by atoms with van der Waals surface area (Å²) in [5.41, 5.74) is 1.71. The Morgan fingerprint density at radius 2 is 1.82 bits per heavy atom. The number of hydrogen-bond donors (Lipinski definition) is 2. The Kier molecular flexibility index (Phi) is 7.27. The Hall–Kier alpha value is -2.58. The summed E-state index contributed by atoms with van der Waals surface area (Å²) in [6, 6.07) is 9.95. The molecule has 3 aromatic rings. The molecule has 2 heterocycles. The maximum atomic E-state index is 12.9. The summed E-state index contributed by atoms with van der Waals surface area (Å²) in [5, 5.41) is 10.3. The third-order valence-corrected chi connectivity index (χ3v) is 5.68. The minimum atomic E-state index is -0.258. The van der Waals surface area contributed by atoms with Crippen molar-refractivity contribution in [3.8, 4) is 0 Å². The van der Waals surface area contributed by atoms with Crippen LogP contribution >= 0.6 is 22.7 Å². The topological polar surface area (TPSA) is 71.1 Å². The van der Waals surface area contributed by atoms with Gasteiger partial charge in [-0.05, 0) is 35.6 Å². The predicted molar refractivity (Wildman–Crippen MR) is 109 cm³/mol. The molecule has 1 aromatic carbocycles. The van der Waals surface area contributed by atoms with Gasteiger partial charge in [0.15, 0.2) is 0 Å². The van der Waals surface area contributed by atoms with Crippen molar-refractivity contribution in [2.75, 3.05) is 13.1 Å². The van der Waals surface area contributed by atoms with Gasteiger partial charge in [-0.15, -0.1) is 22.7 Å². The summed E-state index contributed by atoms with van der Waals surface area (Å²) in [6.45, 7) is 1.01. The van der Waals surface area contributed by atoms with Crippen molar-refractivity contribution in [1.82, 2.24) is 15.6 Å². The first kappa shape index (κ1) is 20.2. The Morgan fingerprint density at radius 1 is 1.04 bits per heavy atom. The van der Waals surface area contributed by atoms with Gasteiger partial charge in [0.1, 0.15) is 5.82 Å². The van der Waals surface area contributed by atoms with E-state index in [1.54, 1.807) is 18.2 Å². The molecule has 0 saturated heterocycles. The van der Waals surface area contributed by atoms with E-state index in [2.05, 4.69) is 15.6 Å². The minimum Gasteiger partial charge on any atom is -0.356 e. The summed E-state index contributed by atoms with van der Waals surface area (Å²) in [4.78, 5) is 29.0. The first-order valence-corrected chi connectivity index (χ1v) is 10.6. The van der Waals surface area contributed by atoms with Crippen LogP contribution in [0.3, 0.4) is 0 Å². The van der Waals surface area contributed by atoms with Gasteiger partial charge in [0, 0.05) is 24.9 Å². The third kappa shape index (κ3) is 6.24. The molecule has 2 aromatic heterocycles. The highest BCUT2D eigenvalue weighted by molar-refractivity contribution is 7.12. The first-order chi connectivity index (χ1) is 13.6. The molecular formula is C20H20FN3O2S2. The van der Waals surface area contributed by atoms with Crippen LogP contribution in [0.4, 0.5) is 4.39 Å². The van der Waals surface area contributed by atoms with Crippen molar-refractivity contribution in [1.29, 1.82) is 0 Å². The van der Waals surface area contributed by atoms with E-state index in [1.165, 1.54) is 34.8 Å². The number of thiazole rings is 1. The first-order valence-electron chi connectivity index (χ1n) is 8.86. The summed E-state index contributed by atoms with van der Waals surface area (Å²) in [7, 11) is 0. The van der Waals surface area contributed by atoms with E-state index in [0.29, 0.717) is 30.8 Å². The molecule has 0 bridgehead atoms. The summed E-state index contributed by atoms with van der Waals surface area (Å²) in [5.74, 6) is -0.438. The lowest BCUT2D eigenvalue weighted by atomic mass is 10.1. The number of aromatic nitrogens is 1. The lowest BCUT2D eigenvalue weighted by molar-refractivity contribution is -0.120. The van der Waals surface area contributed by atoms with Crippen LogP contribution < -0.4 is 10.6 Å². The van der Waals surface area contributed by atoms with E-state index in [9.17, 15) is 14.0 Å². The standard InChI is InChI=1S/C20H20FN3O2S2/c21-15-6-4-14(5-7-15)11-19-24-16(13-28-19)12-18(25)22-8-2-9-23-20(26)17-3-1-10-27-17/h1,3-7,10,13H,2,8-9,11-12H2,(H,22,25)(H,23,26). The number of amides is 2. The van der Waals surface area contributed by atoms with Gasteiger partial charge in [0.25, 0.3) is 5.91 Å². The molecule has 0 unspecified atom stereocenters. The van der Waals surface area contributed by atoms with E-state index in [0.717, 1.165) is 16.3 Å². The van der Waals surface area contributed by atoms with Crippen LogP contribution in [0.5, 0.6) is 0 Å². The summed E-state index contributed by atoms with van der Waals surface area (Å²) in [6.07, 6.45) is 1.51. The monoisotopic (exact) mass is 417 g/mol. The number of carbonyl (C=O) groups is 2. The fourth-order valence-electron chi connectivity index (χ4n) is 2.53. The van der Waals surface area contributed by atoms with Crippen LogP contribution in [-0.4, -0.2) is 29.9 Å². The van der Waals surface area contributed by atoms with Gasteiger partial charge in [-0.25, -0.2) is 9.37 Å². The van der Waals surface area contributed by atoms with Crippen molar-refractivity contribution in [2.45, 2.75) is 19.3 Å². The fourth-order valence-corrected chi connectivity index (χ4v) is 4.00. The average Bonchev–Trinajstić information content (AvgIpc) is 3.35. The number of carbonyl (C=O) groups excluding carboxylic acids is 2. The van der Waals surface area contributed by atoms with Crippen LogP contribution in [-0.2, 0) is 17.6 Å². The summed E-state index contributed by atoms with van der Waals surface area (Å²) >= 11 is 2.89. The largest absolute Gasteiger partial charge is 0.356 e. The molecule has 0 aliphatic carbocycles. The van der Waals surface area contributed by atoms with Crippen LogP contribution in [0, 0.1) is 5.82 Å². The fraction of sp³-hybridized carbons (Fsp3) is 0.250. The van der Waals surface area contributed by atoms with Gasteiger partial charge < -0.3 is 10.6 Å². The molecule has 0 atom stereocenters. The molecule has 3 rings (SSSR count). The van der Waals surface area contributed by atoms with E-state index in [-0.39, 0.29) is 24.1 Å². The van der Waals surface area contributed by atoms with Gasteiger partial charge in [-0.1, -0.05) is 18.2 Å². The lowest BCUT2D eigenvalue weighted by Gasteiger charge is -2.05. The molecule has 5 nitrogen and oxygen atoms in total. The molecule has 2 N–H and O–H groups in total. The van der Waals surface area contributed by atoms with Crippen LogP contribution in [0.2, 0.25) is 0 Å². The van der Waals surface area contributed by atoms with E-state index in [1.807, 2.05) is 16.8 Å². The molecule has 0 aliphatic rings. The number of rotatable bonds is 9. The van der Waals surface area contributed by atoms with Gasteiger partial charge in [-0.2, -0.15) is 0 Å². The third-order valence-electron chi connectivity index (χ3n) is 3.92. The molecule has 0 fully saturated rings. The molecule has 0 saturated carbocycles. The Morgan fingerprint density at radius 3 is 2.57 bits per heavy atom. The molecule has 8 heteroatoms. The number of nitrogens with one attached hydrogen (secondary N) is 2. The van der Waals surface area contributed by atoms with Crippen molar-refractivity contribution < 1.29 is 14.0 Å². The predicted octanol–water partition coefficient (Wildman–Crippen LogP) is 3.41. The van der Waals surface area contributed by atoms with Gasteiger partial charge in [0.2, 0.25) is 5.91 Å². The average molecular weight is 418 g/mol. The second kappa shape index (κ2) is 10.1. The van der Waals surface area contributed by atoms with Crippen LogP contribution in [0.15, 0.2) is 47.2 Å². The van der Waals surface area contributed by atoms with Crippen LogP contribution in [0.1, 0.15) is 32.4 Å². The van der Waals surface area contributed by atoms with Gasteiger partial charge in [0.05, 0.1) is 22.0 Å². The lowest BCUT2D eigenvalue weighted by Crippen LogP contribution is -2.30. The van der Waals surface area contributed by atoms with E-state index >= 15 is 0 Å². The number of halogens is 1. The van der Waals surface area contributed by atoms with Crippen molar-refractivity contribution in [3.63, 3.8) is 0 Å². The smallest absolute Gasteiger partial charge is 0.261 e. The Labute approximate surface area is 170 Å². The zero-order valence-corrected chi connectivity index (χ0v) is 16.7. The number of thiophene rings is 1. The molecule has 0 spiro atoms. The Balaban J connectivity index is 1.34. The minimum absolute atomic E-state index is 0.0857. The van der Waals surface area contributed by atoms with Gasteiger partial charge in [-0.3, -0.25) is 9.59 Å². The normalized spacial score (nSPS) is 10.6. The second-order valence-electron chi connectivity index (χ2n) is 6.15. The number of nitrogens with zero attached hydrogens (tertiary/aromatic N) is 1. The molecule has 146 valence electrons. The second-order valence-corrected chi connectivity index (χ2v) is 8.04. The zero-order valence-electron chi connectivity index (χ0n) is 15.1. The molecule has 0 aliphatic heterocycles. The summed E-state index contributed by atoms with van der Waals surface area (Å²) < 4.78 is 12.9. The highest BCUT2D eigenvalue weighted by atomic mass is 32.1. The highest BCUT2D eigenvalue weighted by Gasteiger charge is 2.09. The van der Waals surface area contributed by atoms with E-state index in [4.69, 9.17) is 0 Å². The Bertz CT molecular complexity index is 908. The molecule has 0 radical (unpaired) electrons. The highest BCUT2D eigenvalue weighted by Crippen LogP contribution is 2.15. The molecule has 28 heavy (non-hydrogen) atoms. The maximum Gasteiger partial charge on any atom is 0.261 e. The molecular weight excluding hydrogens is 397 g/mol.